The van der Waals surface area contributed by atoms with E-state index in [1.165, 1.54) is 19.2 Å². The number of anilines is 1. The lowest BCUT2D eigenvalue weighted by molar-refractivity contribution is -0.0148. The summed E-state index contributed by atoms with van der Waals surface area (Å²) in [7, 11) is 0. The number of pyridine rings is 1. The van der Waals surface area contributed by atoms with E-state index in [0.717, 1.165) is 6.07 Å². The SMILES string of the molecule is Cc1cc(C#N)cnc1OC(=O)Nc1cc(F)c(F)c(C2(C(F)F)COCC(N)=N2)c1. The molecule has 31 heavy (non-hydrogen) atoms. The number of amidine groups is 1. The highest BCUT2D eigenvalue weighted by atomic mass is 19.3. The van der Waals surface area contributed by atoms with Crippen molar-refractivity contribution < 1.29 is 31.8 Å². The Morgan fingerprint density at radius 2 is 2.13 bits per heavy atom. The number of aromatic nitrogens is 1. The standard InChI is InChI=1S/C19H15F4N5O3/c1-9-2-10(5-24)6-26-16(9)31-18(29)27-11-3-12(15(21)13(20)4-11)19(17(22)23)8-30-7-14(25)28-19/h2-4,6,17H,7-8H2,1H3,(H2,25,28)(H,27,29). The van der Waals surface area contributed by atoms with Crippen molar-refractivity contribution in [2.24, 2.45) is 10.7 Å². The second kappa shape index (κ2) is 8.57. The van der Waals surface area contributed by atoms with Crippen LogP contribution in [0.3, 0.4) is 0 Å². The summed E-state index contributed by atoms with van der Waals surface area (Å²) in [5.74, 6) is -3.53. The third-order valence-electron chi connectivity index (χ3n) is 4.37. The number of halogens is 4. The molecule has 2 aromatic rings. The number of carbonyl (C=O) groups excluding carboxylic acids is 1. The van der Waals surface area contributed by atoms with Crippen LogP contribution in [-0.4, -0.2) is 36.6 Å². The van der Waals surface area contributed by atoms with Gasteiger partial charge in [0.15, 0.2) is 17.2 Å². The van der Waals surface area contributed by atoms with Gasteiger partial charge in [-0.2, -0.15) is 5.26 Å². The number of rotatable bonds is 4. The Balaban J connectivity index is 1.92. The molecule has 0 bridgehead atoms. The van der Waals surface area contributed by atoms with Crippen molar-refractivity contribution in [1.82, 2.24) is 4.98 Å². The monoisotopic (exact) mass is 437 g/mol. The van der Waals surface area contributed by atoms with Gasteiger partial charge in [-0.25, -0.2) is 27.3 Å². The third-order valence-corrected chi connectivity index (χ3v) is 4.37. The molecule has 1 aliphatic rings. The Morgan fingerprint density at radius 1 is 1.39 bits per heavy atom. The maximum Gasteiger partial charge on any atom is 0.418 e. The highest BCUT2D eigenvalue weighted by molar-refractivity contribution is 5.86. The first kappa shape index (κ1) is 22.0. The fourth-order valence-electron chi connectivity index (χ4n) is 2.94. The number of nitriles is 1. The maximum absolute atomic E-state index is 14.5. The number of ether oxygens (including phenoxy) is 2. The van der Waals surface area contributed by atoms with Crippen LogP contribution in [0.15, 0.2) is 29.4 Å². The summed E-state index contributed by atoms with van der Waals surface area (Å²) in [5.41, 5.74) is 2.28. The van der Waals surface area contributed by atoms with E-state index in [1.807, 2.05) is 6.07 Å². The molecule has 3 rings (SSSR count). The lowest BCUT2D eigenvalue weighted by atomic mass is 9.89. The van der Waals surface area contributed by atoms with Crippen molar-refractivity contribution in [1.29, 1.82) is 5.26 Å². The van der Waals surface area contributed by atoms with Crippen LogP contribution in [0, 0.1) is 29.9 Å². The van der Waals surface area contributed by atoms with Crippen molar-refractivity contribution in [3.05, 3.63) is 52.7 Å². The molecule has 12 heteroatoms. The average molecular weight is 437 g/mol. The quantitative estimate of drug-likeness (QED) is 0.709. The molecule has 1 aromatic heterocycles. The number of hydrogen-bond donors (Lipinski definition) is 2. The van der Waals surface area contributed by atoms with Gasteiger partial charge in [0, 0.05) is 29.1 Å². The van der Waals surface area contributed by atoms with E-state index in [9.17, 15) is 22.4 Å². The highest BCUT2D eigenvalue weighted by Crippen LogP contribution is 2.38. The number of nitrogens with one attached hydrogen (secondary N) is 1. The van der Waals surface area contributed by atoms with Crippen LogP contribution in [0.2, 0.25) is 0 Å². The number of alkyl halides is 2. The molecule has 1 aliphatic heterocycles. The van der Waals surface area contributed by atoms with E-state index in [1.54, 1.807) is 0 Å². The lowest BCUT2D eigenvalue weighted by Crippen LogP contribution is -2.45. The fraction of sp³-hybridized carbons (Fsp3) is 0.263. The molecule has 2 heterocycles. The molecule has 0 fully saturated rings. The molecule has 3 N–H and O–H groups in total. The minimum Gasteiger partial charge on any atom is -0.391 e. The van der Waals surface area contributed by atoms with Gasteiger partial charge in [0.1, 0.15) is 18.5 Å². The summed E-state index contributed by atoms with van der Waals surface area (Å²) >= 11 is 0. The molecule has 8 nitrogen and oxygen atoms in total. The first-order valence-electron chi connectivity index (χ1n) is 8.71. The van der Waals surface area contributed by atoms with E-state index in [2.05, 4.69) is 15.3 Å². The Kier molecular flexibility index (Phi) is 6.07. The highest BCUT2D eigenvalue weighted by Gasteiger charge is 2.47. The molecule has 0 saturated heterocycles. The molecule has 1 aromatic carbocycles. The van der Waals surface area contributed by atoms with Gasteiger partial charge in [-0.15, -0.1) is 0 Å². The molecule has 0 aliphatic carbocycles. The number of nitrogens with zero attached hydrogens (tertiary/aromatic N) is 3. The minimum absolute atomic E-state index is 0.138. The number of amides is 1. The van der Waals surface area contributed by atoms with Gasteiger partial charge >= 0.3 is 6.09 Å². The number of benzene rings is 1. The Hall–Kier alpha value is -3.72. The Bertz CT molecular complexity index is 1100. The zero-order valence-corrected chi connectivity index (χ0v) is 16.0. The average Bonchev–Trinajstić information content (AvgIpc) is 2.71. The van der Waals surface area contributed by atoms with E-state index in [-0.39, 0.29) is 29.6 Å². The largest absolute Gasteiger partial charge is 0.418 e. The topological polar surface area (TPSA) is 123 Å². The van der Waals surface area contributed by atoms with E-state index >= 15 is 0 Å². The van der Waals surface area contributed by atoms with Gasteiger partial charge in [-0.3, -0.25) is 10.3 Å². The molecule has 1 unspecified atom stereocenters. The second-order valence-electron chi connectivity index (χ2n) is 6.61. The molecular weight excluding hydrogens is 422 g/mol. The zero-order valence-electron chi connectivity index (χ0n) is 16.0. The Labute approximate surface area is 173 Å². The van der Waals surface area contributed by atoms with Crippen LogP contribution in [0.4, 0.5) is 28.0 Å². The van der Waals surface area contributed by atoms with Gasteiger partial charge in [-0.1, -0.05) is 0 Å². The minimum atomic E-state index is -3.28. The van der Waals surface area contributed by atoms with Crippen molar-refractivity contribution in [2.75, 3.05) is 18.5 Å². The summed E-state index contributed by atoms with van der Waals surface area (Å²) in [6, 6.07) is 4.68. The number of aliphatic imine (C=N–C) groups is 1. The van der Waals surface area contributed by atoms with Crippen molar-refractivity contribution in [2.45, 2.75) is 18.9 Å². The summed E-state index contributed by atoms with van der Waals surface area (Å²) in [4.78, 5) is 19.6. The smallest absolute Gasteiger partial charge is 0.391 e. The molecule has 0 saturated carbocycles. The number of hydrogen-bond acceptors (Lipinski definition) is 7. The number of aryl methyl sites for hydroxylation is 1. The van der Waals surface area contributed by atoms with Crippen LogP contribution in [-0.2, 0) is 10.3 Å². The van der Waals surface area contributed by atoms with Gasteiger partial charge in [0.2, 0.25) is 5.88 Å². The first-order chi connectivity index (χ1) is 14.7. The van der Waals surface area contributed by atoms with Crippen molar-refractivity contribution in [3.8, 4) is 11.9 Å². The van der Waals surface area contributed by atoms with E-state index < -0.39 is 41.9 Å². The molecule has 1 atom stereocenters. The van der Waals surface area contributed by atoms with E-state index in [0.29, 0.717) is 11.6 Å². The van der Waals surface area contributed by atoms with Gasteiger partial charge in [-0.05, 0) is 19.1 Å². The first-order valence-corrected chi connectivity index (χ1v) is 8.71. The number of nitrogens with two attached hydrogens (primary N) is 1. The molecular formula is C19H15F4N5O3. The third kappa shape index (κ3) is 4.41. The van der Waals surface area contributed by atoms with E-state index in [4.69, 9.17) is 20.5 Å². The predicted octanol–water partition coefficient (Wildman–Crippen LogP) is 3.00. The molecule has 0 radical (unpaired) electrons. The fourth-order valence-corrected chi connectivity index (χ4v) is 2.94. The van der Waals surface area contributed by atoms with Crippen molar-refractivity contribution in [3.63, 3.8) is 0 Å². The van der Waals surface area contributed by atoms with Gasteiger partial charge in [0.05, 0.1) is 12.2 Å². The normalized spacial score (nSPS) is 18.3. The summed E-state index contributed by atoms with van der Waals surface area (Å²) < 4.78 is 66.3. The Morgan fingerprint density at radius 3 is 2.74 bits per heavy atom. The summed E-state index contributed by atoms with van der Waals surface area (Å²) in [6.45, 7) is 0.549. The van der Waals surface area contributed by atoms with Gasteiger partial charge in [0.25, 0.3) is 6.43 Å². The molecule has 0 spiro atoms. The van der Waals surface area contributed by atoms with Crippen molar-refractivity contribution >= 4 is 17.6 Å². The predicted molar refractivity (Wildman–Crippen MR) is 99.8 cm³/mol. The zero-order chi connectivity index (χ0) is 22.8. The molecule has 1 amide bonds. The summed E-state index contributed by atoms with van der Waals surface area (Å²) in [5, 5.41) is 11.0. The maximum atomic E-state index is 14.5. The summed E-state index contributed by atoms with van der Waals surface area (Å²) in [6.07, 6.45) is -3.26. The number of carbonyl (C=O) groups is 1. The van der Waals surface area contributed by atoms with Crippen LogP contribution in [0.1, 0.15) is 16.7 Å². The van der Waals surface area contributed by atoms with Crippen LogP contribution >= 0.6 is 0 Å². The second-order valence-corrected chi connectivity index (χ2v) is 6.61. The van der Waals surface area contributed by atoms with Crippen LogP contribution in [0.25, 0.3) is 0 Å². The van der Waals surface area contributed by atoms with Gasteiger partial charge < -0.3 is 15.2 Å². The molecule has 162 valence electrons. The van der Waals surface area contributed by atoms with Crippen LogP contribution in [0.5, 0.6) is 5.88 Å². The lowest BCUT2D eigenvalue weighted by Gasteiger charge is -2.33. The van der Waals surface area contributed by atoms with Crippen LogP contribution < -0.4 is 15.8 Å².